The molecule has 0 saturated carbocycles. The van der Waals surface area contributed by atoms with Crippen LogP contribution < -0.4 is 0 Å². The fourth-order valence-corrected chi connectivity index (χ4v) is 1.60. The van der Waals surface area contributed by atoms with E-state index >= 15 is 0 Å². The normalized spacial score (nSPS) is 11.7. The molecule has 0 aliphatic heterocycles. The number of nitrogens with zero attached hydrogens (tertiary/aromatic N) is 4. The Morgan fingerprint density at radius 1 is 1.12 bits per heavy atom. The molecule has 0 saturated heterocycles. The van der Waals surface area contributed by atoms with Crippen LogP contribution in [0.2, 0.25) is 0 Å². The van der Waals surface area contributed by atoms with E-state index in [-0.39, 0.29) is 5.41 Å². The zero-order chi connectivity index (χ0) is 11.6. The van der Waals surface area contributed by atoms with Crippen molar-refractivity contribution in [3.05, 3.63) is 41.7 Å². The van der Waals surface area contributed by atoms with E-state index in [1.165, 1.54) is 5.56 Å². The van der Waals surface area contributed by atoms with Gasteiger partial charge in [-0.05, 0) is 16.0 Å². The summed E-state index contributed by atoms with van der Waals surface area (Å²) in [7, 11) is 0. The molecular formula is C12H16N4. The summed E-state index contributed by atoms with van der Waals surface area (Å²) in [5, 5.41) is 11.9. The fourth-order valence-electron chi connectivity index (χ4n) is 1.60. The molecule has 0 amide bonds. The van der Waals surface area contributed by atoms with Crippen molar-refractivity contribution in [1.82, 2.24) is 20.2 Å². The van der Waals surface area contributed by atoms with Crippen molar-refractivity contribution in [3.63, 3.8) is 0 Å². The second-order valence-corrected chi connectivity index (χ2v) is 4.90. The van der Waals surface area contributed by atoms with Gasteiger partial charge in [0.05, 0.1) is 6.54 Å². The SMILES string of the molecule is CC(C)(C)c1nnnn1Cc1ccccc1. The third kappa shape index (κ3) is 2.27. The van der Waals surface area contributed by atoms with Crippen molar-refractivity contribution >= 4 is 0 Å². The van der Waals surface area contributed by atoms with Crippen molar-refractivity contribution in [1.29, 1.82) is 0 Å². The van der Waals surface area contributed by atoms with Crippen LogP contribution in [0.3, 0.4) is 0 Å². The van der Waals surface area contributed by atoms with Crippen LogP contribution >= 0.6 is 0 Å². The van der Waals surface area contributed by atoms with E-state index < -0.39 is 0 Å². The lowest BCUT2D eigenvalue weighted by Gasteiger charge is -2.16. The zero-order valence-corrected chi connectivity index (χ0v) is 9.88. The highest BCUT2D eigenvalue weighted by molar-refractivity contribution is 5.15. The molecule has 2 aromatic rings. The largest absolute Gasteiger partial charge is 0.225 e. The minimum atomic E-state index is -0.0295. The molecule has 0 bridgehead atoms. The predicted molar refractivity (Wildman–Crippen MR) is 62.1 cm³/mol. The number of aromatic nitrogens is 4. The van der Waals surface area contributed by atoms with Crippen LogP contribution in [0.15, 0.2) is 30.3 Å². The Labute approximate surface area is 95.3 Å². The molecule has 0 unspecified atom stereocenters. The lowest BCUT2D eigenvalue weighted by atomic mass is 9.96. The van der Waals surface area contributed by atoms with Crippen LogP contribution in [0.25, 0.3) is 0 Å². The van der Waals surface area contributed by atoms with E-state index in [4.69, 9.17) is 0 Å². The van der Waals surface area contributed by atoms with Crippen LogP contribution in [-0.2, 0) is 12.0 Å². The predicted octanol–water partition coefficient (Wildman–Crippen LogP) is 2.02. The van der Waals surface area contributed by atoms with Gasteiger partial charge in [0.25, 0.3) is 0 Å². The van der Waals surface area contributed by atoms with Gasteiger partial charge in [-0.25, -0.2) is 4.68 Å². The summed E-state index contributed by atoms with van der Waals surface area (Å²) < 4.78 is 1.86. The monoisotopic (exact) mass is 216 g/mol. The van der Waals surface area contributed by atoms with Crippen LogP contribution in [0, 0.1) is 0 Å². The first-order valence-electron chi connectivity index (χ1n) is 5.38. The molecule has 1 aromatic carbocycles. The third-order valence-corrected chi connectivity index (χ3v) is 2.38. The Hall–Kier alpha value is -1.71. The molecule has 84 valence electrons. The van der Waals surface area contributed by atoms with E-state index in [9.17, 15) is 0 Å². The summed E-state index contributed by atoms with van der Waals surface area (Å²) in [6, 6.07) is 10.2. The topological polar surface area (TPSA) is 43.6 Å². The van der Waals surface area contributed by atoms with Crippen LogP contribution in [0.1, 0.15) is 32.2 Å². The molecule has 0 aliphatic rings. The highest BCUT2D eigenvalue weighted by Crippen LogP contribution is 2.19. The maximum absolute atomic E-state index is 4.09. The minimum absolute atomic E-state index is 0.0295. The maximum atomic E-state index is 4.09. The molecule has 0 atom stereocenters. The van der Waals surface area contributed by atoms with Gasteiger partial charge in [-0.2, -0.15) is 0 Å². The van der Waals surface area contributed by atoms with Gasteiger partial charge in [0.1, 0.15) is 0 Å². The molecule has 16 heavy (non-hydrogen) atoms. The van der Waals surface area contributed by atoms with Crippen molar-refractivity contribution in [2.24, 2.45) is 0 Å². The van der Waals surface area contributed by atoms with Crippen molar-refractivity contribution in [2.45, 2.75) is 32.7 Å². The Bertz CT molecular complexity index is 453. The van der Waals surface area contributed by atoms with Crippen molar-refractivity contribution < 1.29 is 0 Å². The molecule has 0 fully saturated rings. The molecule has 1 aromatic heterocycles. The van der Waals surface area contributed by atoms with E-state index in [0.717, 1.165) is 12.4 Å². The number of hydrogen-bond donors (Lipinski definition) is 0. The molecule has 0 radical (unpaired) electrons. The summed E-state index contributed by atoms with van der Waals surface area (Å²) in [4.78, 5) is 0. The Balaban J connectivity index is 2.26. The zero-order valence-electron chi connectivity index (χ0n) is 9.88. The minimum Gasteiger partial charge on any atom is -0.225 e. The van der Waals surface area contributed by atoms with Gasteiger partial charge < -0.3 is 0 Å². The molecule has 4 nitrogen and oxygen atoms in total. The van der Waals surface area contributed by atoms with E-state index in [1.807, 2.05) is 22.9 Å². The van der Waals surface area contributed by atoms with Crippen molar-refractivity contribution in [2.75, 3.05) is 0 Å². The number of tetrazole rings is 1. The average molecular weight is 216 g/mol. The smallest absolute Gasteiger partial charge is 0.156 e. The highest BCUT2D eigenvalue weighted by Gasteiger charge is 2.21. The summed E-state index contributed by atoms with van der Waals surface area (Å²) >= 11 is 0. The van der Waals surface area contributed by atoms with Crippen LogP contribution in [-0.4, -0.2) is 20.2 Å². The van der Waals surface area contributed by atoms with Gasteiger partial charge in [0, 0.05) is 5.41 Å². The summed E-state index contributed by atoms with van der Waals surface area (Å²) in [6.07, 6.45) is 0. The van der Waals surface area contributed by atoms with Gasteiger partial charge in [-0.3, -0.25) is 0 Å². The Kier molecular flexibility index (Phi) is 2.73. The molecule has 0 aliphatic carbocycles. The second kappa shape index (κ2) is 4.04. The Morgan fingerprint density at radius 3 is 2.44 bits per heavy atom. The first kappa shape index (κ1) is 10.8. The first-order chi connectivity index (χ1) is 7.57. The Morgan fingerprint density at radius 2 is 1.81 bits per heavy atom. The lowest BCUT2D eigenvalue weighted by Crippen LogP contribution is -2.20. The summed E-state index contributed by atoms with van der Waals surface area (Å²) in [5.74, 6) is 0.913. The second-order valence-electron chi connectivity index (χ2n) is 4.90. The van der Waals surface area contributed by atoms with E-state index in [0.29, 0.717) is 0 Å². The first-order valence-corrected chi connectivity index (χ1v) is 5.38. The van der Waals surface area contributed by atoms with Crippen LogP contribution in [0.5, 0.6) is 0 Å². The average Bonchev–Trinajstić information content (AvgIpc) is 2.67. The van der Waals surface area contributed by atoms with Gasteiger partial charge in [0.15, 0.2) is 5.82 Å². The van der Waals surface area contributed by atoms with Crippen LogP contribution in [0.4, 0.5) is 0 Å². The maximum Gasteiger partial charge on any atom is 0.156 e. The lowest BCUT2D eigenvalue weighted by molar-refractivity contribution is 0.490. The standard InChI is InChI=1S/C12H16N4/c1-12(2,3)11-13-14-15-16(11)9-10-7-5-4-6-8-10/h4-8H,9H2,1-3H3. The van der Waals surface area contributed by atoms with Crippen molar-refractivity contribution in [3.8, 4) is 0 Å². The fraction of sp³-hybridized carbons (Fsp3) is 0.417. The molecule has 1 heterocycles. The van der Waals surface area contributed by atoms with Gasteiger partial charge in [0.2, 0.25) is 0 Å². The van der Waals surface area contributed by atoms with Gasteiger partial charge in [-0.1, -0.05) is 51.1 Å². The van der Waals surface area contributed by atoms with Gasteiger partial charge in [-0.15, -0.1) is 5.10 Å². The highest BCUT2D eigenvalue weighted by atomic mass is 15.5. The molecular weight excluding hydrogens is 200 g/mol. The molecule has 0 N–H and O–H groups in total. The molecule has 2 rings (SSSR count). The molecule has 4 heteroatoms. The summed E-state index contributed by atoms with van der Waals surface area (Å²) in [5.41, 5.74) is 1.18. The quantitative estimate of drug-likeness (QED) is 0.771. The van der Waals surface area contributed by atoms with E-state index in [2.05, 4.69) is 48.4 Å². The number of hydrogen-bond acceptors (Lipinski definition) is 3. The summed E-state index contributed by atoms with van der Waals surface area (Å²) in [6.45, 7) is 7.06. The third-order valence-electron chi connectivity index (χ3n) is 2.38. The molecule has 0 spiro atoms. The van der Waals surface area contributed by atoms with Gasteiger partial charge >= 0.3 is 0 Å². The van der Waals surface area contributed by atoms with E-state index in [1.54, 1.807) is 0 Å². The number of rotatable bonds is 2. The number of benzene rings is 1.